The Hall–Kier alpha value is -0.900. The van der Waals surface area contributed by atoms with Crippen molar-refractivity contribution in [3.05, 3.63) is 17.8 Å². The van der Waals surface area contributed by atoms with Crippen molar-refractivity contribution in [3.8, 4) is 0 Å². The molecule has 0 radical (unpaired) electrons. The first-order chi connectivity index (χ1) is 7.13. The second kappa shape index (κ2) is 5.85. The van der Waals surface area contributed by atoms with E-state index in [0.29, 0.717) is 6.04 Å². The van der Waals surface area contributed by atoms with Crippen molar-refractivity contribution in [1.82, 2.24) is 4.98 Å². The monoisotopic (exact) mass is 225 g/mol. The van der Waals surface area contributed by atoms with Gasteiger partial charge in [-0.05, 0) is 43.9 Å². The van der Waals surface area contributed by atoms with Crippen LogP contribution in [0.2, 0.25) is 0 Å². The standard InChI is InChI=1S/C11H19N3S/c1-8-6-10(12)11(13-7-8)14-9(2)4-5-15-3/h6-7,9H,4-5,12H2,1-3H3,(H,13,14). The van der Waals surface area contributed by atoms with E-state index in [9.17, 15) is 0 Å². The summed E-state index contributed by atoms with van der Waals surface area (Å²) < 4.78 is 0. The largest absolute Gasteiger partial charge is 0.396 e. The highest BCUT2D eigenvalue weighted by molar-refractivity contribution is 7.98. The van der Waals surface area contributed by atoms with E-state index in [-0.39, 0.29) is 0 Å². The van der Waals surface area contributed by atoms with Crippen molar-refractivity contribution in [2.75, 3.05) is 23.1 Å². The van der Waals surface area contributed by atoms with Crippen LogP contribution < -0.4 is 11.1 Å². The maximum atomic E-state index is 5.87. The average molecular weight is 225 g/mol. The molecule has 0 saturated heterocycles. The van der Waals surface area contributed by atoms with Gasteiger partial charge in [0.1, 0.15) is 5.82 Å². The Labute approximate surface area is 95.9 Å². The minimum absolute atomic E-state index is 0.412. The zero-order chi connectivity index (χ0) is 11.3. The molecule has 1 unspecified atom stereocenters. The maximum absolute atomic E-state index is 5.87. The van der Waals surface area contributed by atoms with Crippen LogP contribution in [0.4, 0.5) is 11.5 Å². The third kappa shape index (κ3) is 4.00. The lowest BCUT2D eigenvalue weighted by Crippen LogP contribution is -2.17. The van der Waals surface area contributed by atoms with E-state index in [1.165, 1.54) is 0 Å². The number of hydrogen-bond acceptors (Lipinski definition) is 4. The summed E-state index contributed by atoms with van der Waals surface area (Å²) in [5.41, 5.74) is 7.69. The Morgan fingerprint density at radius 3 is 2.93 bits per heavy atom. The third-order valence-corrected chi connectivity index (χ3v) is 2.84. The number of anilines is 2. The van der Waals surface area contributed by atoms with Crippen LogP contribution in [0.25, 0.3) is 0 Å². The Kier molecular flexibility index (Phi) is 4.75. The predicted octanol–water partition coefficient (Wildman–Crippen LogP) is 2.53. The van der Waals surface area contributed by atoms with Crippen molar-refractivity contribution < 1.29 is 0 Å². The number of pyridine rings is 1. The van der Waals surface area contributed by atoms with Crippen LogP contribution in [0.1, 0.15) is 18.9 Å². The number of nitrogens with zero attached hydrogens (tertiary/aromatic N) is 1. The Balaban J connectivity index is 2.56. The van der Waals surface area contributed by atoms with Crippen LogP contribution in [-0.2, 0) is 0 Å². The number of hydrogen-bond donors (Lipinski definition) is 2. The zero-order valence-corrected chi connectivity index (χ0v) is 10.4. The third-order valence-electron chi connectivity index (χ3n) is 2.19. The molecule has 3 N–H and O–H groups in total. The van der Waals surface area contributed by atoms with Gasteiger partial charge in [0.05, 0.1) is 5.69 Å². The molecule has 0 aliphatic rings. The lowest BCUT2D eigenvalue weighted by Gasteiger charge is -2.15. The van der Waals surface area contributed by atoms with E-state index < -0.39 is 0 Å². The average Bonchev–Trinajstić information content (AvgIpc) is 2.19. The first kappa shape index (κ1) is 12.2. The van der Waals surface area contributed by atoms with E-state index >= 15 is 0 Å². The van der Waals surface area contributed by atoms with E-state index in [0.717, 1.165) is 29.2 Å². The highest BCUT2D eigenvalue weighted by Crippen LogP contribution is 2.17. The summed E-state index contributed by atoms with van der Waals surface area (Å²) in [6, 6.07) is 2.35. The van der Waals surface area contributed by atoms with Crippen LogP contribution in [0.15, 0.2) is 12.3 Å². The van der Waals surface area contributed by atoms with Gasteiger partial charge in [-0.3, -0.25) is 0 Å². The van der Waals surface area contributed by atoms with E-state index in [4.69, 9.17) is 5.73 Å². The second-order valence-corrected chi connectivity index (χ2v) is 4.76. The molecule has 1 rings (SSSR count). The van der Waals surface area contributed by atoms with Crippen molar-refractivity contribution in [3.63, 3.8) is 0 Å². The van der Waals surface area contributed by atoms with Crippen LogP contribution in [0.3, 0.4) is 0 Å². The number of nitrogens with one attached hydrogen (secondary N) is 1. The van der Waals surface area contributed by atoms with Gasteiger partial charge in [0.2, 0.25) is 0 Å². The molecule has 0 aliphatic heterocycles. The van der Waals surface area contributed by atoms with Crippen molar-refractivity contribution >= 4 is 23.3 Å². The molecule has 0 saturated carbocycles. The number of thioether (sulfide) groups is 1. The zero-order valence-electron chi connectivity index (χ0n) is 9.58. The van der Waals surface area contributed by atoms with Crippen molar-refractivity contribution in [2.24, 2.45) is 0 Å². The summed E-state index contributed by atoms with van der Waals surface area (Å²) in [5, 5.41) is 3.32. The fourth-order valence-electron chi connectivity index (χ4n) is 1.31. The second-order valence-electron chi connectivity index (χ2n) is 3.78. The molecule has 84 valence electrons. The van der Waals surface area contributed by atoms with E-state index in [1.807, 2.05) is 30.9 Å². The number of nitrogen functional groups attached to an aromatic ring is 1. The molecule has 3 nitrogen and oxygen atoms in total. The Morgan fingerprint density at radius 1 is 1.60 bits per heavy atom. The molecule has 1 aromatic heterocycles. The molecule has 0 amide bonds. The lowest BCUT2D eigenvalue weighted by atomic mass is 10.2. The summed E-state index contributed by atoms with van der Waals surface area (Å²) in [6.07, 6.45) is 5.07. The molecule has 0 fully saturated rings. The summed E-state index contributed by atoms with van der Waals surface area (Å²) in [6.45, 7) is 4.14. The van der Waals surface area contributed by atoms with Gasteiger partial charge in [0.25, 0.3) is 0 Å². The molecule has 4 heteroatoms. The SMILES string of the molecule is CSCCC(C)Nc1ncc(C)cc1N. The molecule has 0 aliphatic carbocycles. The topological polar surface area (TPSA) is 50.9 Å². The first-order valence-corrected chi connectivity index (χ1v) is 6.50. The van der Waals surface area contributed by atoms with Crippen LogP contribution >= 0.6 is 11.8 Å². The number of aryl methyl sites for hydroxylation is 1. The normalized spacial score (nSPS) is 12.5. The molecule has 1 heterocycles. The molecule has 0 bridgehead atoms. The predicted molar refractivity (Wildman–Crippen MR) is 69.5 cm³/mol. The smallest absolute Gasteiger partial charge is 0.149 e. The minimum atomic E-state index is 0.412. The molecule has 1 aromatic rings. The Bertz CT molecular complexity index is 315. The number of rotatable bonds is 5. The molecule has 0 spiro atoms. The fourth-order valence-corrected chi connectivity index (χ4v) is 1.90. The van der Waals surface area contributed by atoms with Crippen molar-refractivity contribution in [2.45, 2.75) is 26.3 Å². The van der Waals surface area contributed by atoms with E-state index in [2.05, 4.69) is 23.5 Å². The summed E-state index contributed by atoms with van der Waals surface area (Å²) in [5.74, 6) is 1.95. The van der Waals surface area contributed by atoms with Gasteiger partial charge in [-0.2, -0.15) is 11.8 Å². The summed E-state index contributed by atoms with van der Waals surface area (Å²) in [4.78, 5) is 4.28. The lowest BCUT2D eigenvalue weighted by molar-refractivity contribution is 0.767. The van der Waals surface area contributed by atoms with Gasteiger partial charge in [0, 0.05) is 12.2 Å². The molecule has 0 aromatic carbocycles. The molecular weight excluding hydrogens is 206 g/mol. The quantitative estimate of drug-likeness (QED) is 0.808. The maximum Gasteiger partial charge on any atom is 0.149 e. The van der Waals surface area contributed by atoms with Gasteiger partial charge >= 0.3 is 0 Å². The highest BCUT2D eigenvalue weighted by atomic mass is 32.2. The van der Waals surface area contributed by atoms with Gasteiger partial charge in [0.15, 0.2) is 0 Å². The molecule has 1 atom stereocenters. The van der Waals surface area contributed by atoms with Crippen LogP contribution in [0.5, 0.6) is 0 Å². The van der Waals surface area contributed by atoms with Gasteiger partial charge in [-0.15, -0.1) is 0 Å². The van der Waals surface area contributed by atoms with Crippen LogP contribution in [0, 0.1) is 6.92 Å². The summed E-state index contributed by atoms with van der Waals surface area (Å²) >= 11 is 1.86. The highest BCUT2D eigenvalue weighted by Gasteiger charge is 2.05. The molecule has 15 heavy (non-hydrogen) atoms. The Morgan fingerprint density at radius 2 is 2.33 bits per heavy atom. The number of nitrogens with two attached hydrogens (primary N) is 1. The van der Waals surface area contributed by atoms with Gasteiger partial charge in [-0.25, -0.2) is 4.98 Å². The number of aromatic nitrogens is 1. The summed E-state index contributed by atoms with van der Waals surface area (Å²) in [7, 11) is 0. The molecular formula is C11H19N3S. The van der Waals surface area contributed by atoms with Gasteiger partial charge in [-0.1, -0.05) is 0 Å². The first-order valence-electron chi connectivity index (χ1n) is 5.11. The van der Waals surface area contributed by atoms with Crippen molar-refractivity contribution in [1.29, 1.82) is 0 Å². The van der Waals surface area contributed by atoms with Gasteiger partial charge < -0.3 is 11.1 Å². The fraction of sp³-hybridized carbons (Fsp3) is 0.545. The minimum Gasteiger partial charge on any atom is -0.396 e. The van der Waals surface area contributed by atoms with Crippen LogP contribution in [-0.4, -0.2) is 23.0 Å². The van der Waals surface area contributed by atoms with E-state index in [1.54, 1.807) is 0 Å².